The number of primary sulfonamides is 1. The van der Waals surface area contributed by atoms with E-state index in [-0.39, 0.29) is 17.1 Å². The summed E-state index contributed by atoms with van der Waals surface area (Å²) in [5.41, 5.74) is 0.590. The normalized spacial score (nSPS) is 11.4. The van der Waals surface area contributed by atoms with Crippen LogP contribution < -0.4 is 15.5 Å². The van der Waals surface area contributed by atoms with Crippen LogP contribution in [-0.2, 0) is 21.4 Å². The van der Waals surface area contributed by atoms with Gasteiger partial charge in [0.25, 0.3) is 0 Å². The molecule has 146 valence electrons. The number of esters is 1. The Morgan fingerprint density at radius 3 is 2.57 bits per heavy atom. The average molecular weight is 403 g/mol. The van der Waals surface area contributed by atoms with Crippen molar-refractivity contribution in [3.63, 3.8) is 0 Å². The van der Waals surface area contributed by atoms with Crippen LogP contribution in [0.1, 0.15) is 21.5 Å². The Morgan fingerprint density at radius 1 is 1.14 bits per heavy atom. The van der Waals surface area contributed by atoms with E-state index in [0.717, 1.165) is 6.07 Å². The van der Waals surface area contributed by atoms with Crippen LogP contribution in [0, 0.1) is 6.92 Å². The molecule has 3 rings (SSSR count). The number of carbonyl (C=O) groups is 1. The van der Waals surface area contributed by atoms with Crippen molar-refractivity contribution < 1.29 is 27.1 Å². The van der Waals surface area contributed by atoms with Crippen molar-refractivity contribution in [3.05, 3.63) is 69.6 Å². The van der Waals surface area contributed by atoms with Gasteiger partial charge in [-0.2, -0.15) is 0 Å². The molecule has 8 nitrogen and oxygen atoms in total. The highest BCUT2D eigenvalue weighted by atomic mass is 32.2. The molecule has 0 saturated carbocycles. The first-order valence-electron chi connectivity index (χ1n) is 8.10. The van der Waals surface area contributed by atoms with E-state index in [0.29, 0.717) is 27.8 Å². The third kappa shape index (κ3) is 4.05. The molecule has 0 amide bonds. The number of methoxy groups -OCH3 is 1. The molecule has 0 spiro atoms. The summed E-state index contributed by atoms with van der Waals surface area (Å²) in [5, 5.41) is 5.74. The highest BCUT2D eigenvalue weighted by Crippen LogP contribution is 2.23. The Hall–Kier alpha value is -3.17. The fourth-order valence-corrected chi connectivity index (χ4v) is 3.52. The Kier molecular flexibility index (Phi) is 5.21. The van der Waals surface area contributed by atoms with Crippen LogP contribution in [0.5, 0.6) is 5.75 Å². The van der Waals surface area contributed by atoms with Crippen molar-refractivity contribution in [3.8, 4) is 5.75 Å². The Bertz CT molecular complexity index is 1230. The molecule has 2 aromatic carbocycles. The van der Waals surface area contributed by atoms with E-state index in [2.05, 4.69) is 0 Å². The number of carbonyl (C=O) groups excluding carboxylic acids is 1. The van der Waals surface area contributed by atoms with Gasteiger partial charge in [0.05, 0.1) is 17.6 Å². The minimum Gasteiger partial charge on any atom is -0.497 e. The highest BCUT2D eigenvalue weighted by Gasteiger charge is 2.17. The van der Waals surface area contributed by atoms with Gasteiger partial charge in [0.1, 0.15) is 17.9 Å². The van der Waals surface area contributed by atoms with Crippen LogP contribution in [0.15, 0.2) is 56.6 Å². The van der Waals surface area contributed by atoms with E-state index in [1.54, 1.807) is 25.1 Å². The lowest BCUT2D eigenvalue weighted by Crippen LogP contribution is -2.15. The van der Waals surface area contributed by atoms with Crippen molar-refractivity contribution in [1.82, 2.24) is 0 Å². The minimum absolute atomic E-state index is 0.0311. The van der Waals surface area contributed by atoms with Crippen LogP contribution in [0.25, 0.3) is 11.0 Å². The van der Waals surface area contributed by atoms with E-state index >= 15 is 0 Å². The van der Waals surface area contributed by atoms with Gasteiger partial charge in [0.2, 0.25) is 10.0 Å². The number of nitrogens with two attached hydrogens (primary N) is 1. The van der Waals surface area contributed by atoms with Crippen LogP contribution in [0.2, 0.25) is 0 Å². The molecule has 9 heteroatoms. The van der Waals surface area contributed by atoms with Gasteiger partial charge in [-0.3, -0.25) is 0 Å². The smallest absolute Gasteiger partial charge is 0.338 e. The van der Waals surface area contributed by atoms with Gasteiger partial charge in [-0.15, -0.1) is 0 Å². The first kappa shape index (κ1) is 19.6. The van der Waals surface area contributed by atoms with Gasteiger partial charge in [-0.05, 0) is 36.8 Å². The topological polar surface area (TPSA) is 126 Å². The zero-order valence-corrected chi connectivity index (χ0v) is 15.9. The van der Waals surface area contributed by atoms with E-state index in [1.807, 2.05) is 0 Å². The number of hydrogen-bond acceptors (Lipinski definition) is 7. The van der Waals surface area contributed by atoms with E-state index in [4.69, 9.17) is 19.0 Å². The summed E-state index contributed by atoms with van der Waals surface area (Å²) >= 11 is 0. The molecule has 0 saturated heterocycles. The summed E-state index contributed by atoms with van der Waals surface area (Å²) < 4.78 is 38.7. The predicted octanol–water partition coefficient (Wildman–Crippen LogP) is 2.11. The third-order valence-electron chi connectivity index (χ3n) is 4.13. The molecule has 0 atom stereocenters. The Labute approximate surface area is 160 Å². The molecule has 1 heterocycles. The van der Waals surface area contributed by atoms with Gasteiger partial charge < -0.3 is 13.9 Å². The minimum atomic E-state index is -3.97. The molecule has 0 aliphatic rings. The lowest BCUT2D eigenvalue weighted by molar-refractivity contribution is 0.0473. The van der Waals surface area contributed by atoms with Crippen molar-refractivity contribution in [1.29, 1.82) is 0 Å². The van der Waals surface area contributed by atoms with E-state index in [1.165, 1.54) is 25.3 Å². The Balaban J connectivity index is 1.89. The quantitative estimate of drug-likeness (QED) is 0.511. The number of rotatable bonds is 5. The fourth-order valence-electron chi connectivity index (χ4n) is 2.72. The zero-order chi connectivity index (χ0) is 20.5. The summed E-state index contributed by atoms with van der Waals surface area (Å²) in [5.74, 6) is -0.236. The maximum atomic E-state index is 12.4. The molecule has 28 heavy (non-hydrogen) atoms. The summed E-state index contributed by atoms with van der Waals surface area (Å²) in [6.07, 6.45) is 0. The fraction of sp³-hybridized carbons (Fsp3) is 0.158. The number of hydrogen-bond donors (Lipinski definition) is 1. The Morgan fingerprint density at radius 2 is 1.89 bits per heavy atom. The molecular formula is C19H17NO7S. The van der Waals surface area contributed by atoms with Crippen molar-refractivity contribution >= 4 is 27.0 Å². The number of fused-ring (bicyclic) bond motifs is 1. The maximum absolute atomic E-state index is 12.4. The second-order valence-corrected chi connectivity index (χ2v) is 7.58. The summed E-state index contributed by atoms with van der Waals surface area (Å²) in [6, 6.07) is 10.2. The van der Waals surface area contributed by atoms with Crippen molar-refractivity contribution in [2.24, 2.45) is 5.14 Å². The molecule has 0 unspecified atom stereocenters. The number of benzene rings is 2. The largest absolute Gasteiger partial charge is 0.497 e. The number of aryl methyl sites for hydroxylation is 1. The van der Waals surface area contributed by atoms with Crippen molar-refractivity contribution in [2.45, 2.75) is 18.4 Å². The van der Waals surface area contributed by atoms with E-state index in [9.17, 15) is 18.0 Å². The second kappa shape index (κ2) is 7.45. The zero-order valence-electron chi connectivity index (χ0n) is 15.1. The van der Waals surface area contributed by atoms with Crippen molar-refractivity contribution in [2.75, 3.05) is 7.11 Å². The molecular weight excluding hydrogens is 386 g/mol. The monoisotopic (exact) mass is 403 g/mol. The molecule has 2 N–H and O–H groups in total. The molecule has 0 aliphatic heterocycles. The van der Waals surface area contributed by atoms with Gasteiger partial charge >= 0.3 is 11.6 Å². The van der Waals surface area contributed by atoms with Crippen LogP contribution in [0.4, 0.5) is 0 Å². The first-order chi connectivity index (χ1) is 13.2. The molecule has 0 fully saturated rings. The second-order valence-electron chi connectivity index (χ2n) is 6.05. The van der Waals surface area contributed by atoms with Crippen LogP contribution in [-0.4, -0.2) is 21.5 Å². The number of sulfonamides is 1. The molecule has 0 radical (unpaired) electrons. The SMILES string of the molecule is COc1ccc2c(COC(=O)c3ccc(C)c(S(N)(=O)=O)c3)cc(=O)oc2c1. The predicted molar refractivity (Wildman–Crippen MR) is 101 cm³/mol. The third-order valence-corrected chi connectivity index (χ3v) is 5.18. The molecule has 0 bridgehead atoms. The summed E-state index contributed by atoms with van der Waals surface area (Å²) in [4.78, 5) is 24.0. The standard InChI is InChI=1S/C19H17NO7S/c1-11-3-4-12(7-17(11)28(20,23)24)19(22)26-10-13-8-18(21)27-16-9-14(25-2)5-6-15(13)16/h3-9H,10H2,1-2H3,(H2,20,23,24). The lowest BCUT2D eigenvalue weighted by atomic mass is 10.1. The van der Waals surface area contributed by atoms with Gasteiger partial charge in [-0.1, -0.05) is 6.07 Å². The summed E-state index contributed by atoms with van der Waals surface area (Å²) in [7, 11) is -2.48. The van der Waals surface area contributed by atoms with Crippen LogP contribution >= 0.6 is 0 Å². The number of ether oxygens (including phenoxy) is 2. The molecule has 0 aliphatic carbocycles. The first-order valence-corrected chi connectivity index (χ1v) is 9.65. The summed E-state index contributed by atoms with van der Waals surface area (Å²) in [6.45, 7) is 1.37. The molecule has 1 aromatic heterocycles. The lowest BCUT2D eigenvalue weighted by Gasteiger charge is -2.09. The van der Waals surface area contributed by atoms with Gasteiger partial charge in [0.15, 0.2) is 0 Å². The van der Waals surface area contributed by atoms with Crippen LogP contribution in [0.3, 0.4) is 0 Å². The maximum Gasteiger partial charge on any atom is 0.338 e. The van der Waals surface area contributed by atoms with Gasteiger partial charge in [0, 0.05) is 23.1 Å². The highest BCUT2D eigenvalue weighted by molar-refractivity contribution is 7.89. The van der Waals surface area contributed by atoms with E-state index < -0.39 is 21.6 Å². The van der Waals surface area contributed by atoms with Gasteiger partial charge in [-0.25, -0.2) is 23.1 Å². The average Bonchev–Trinajstić information content (AvgIpc) is 2.64. The molecule has 3 aromatic rings.